The van der Waals surface area contributed by atoms with E-state index >= 15 is 0 Å². The minimum atomic E-state index is -0.625. The Kier molecular flexibility index (Phi) is 8.07. The maximum Gasteiger partial charge on any atom is 0.160 e. The molecule has 1 heterocycles. The van der Waals surface area contributed by atoms with Crippen molar-refractivity contribution in [3.63, 3.8) is 0 Å². The first-order valence-electron chi connectivity index (χ1n) is 22.1. The van der Waals surface area contributed by atoms with Crippen LogP contribution >= 0.6 is 0 Å². The minimum Gasteiger partial charge on any atom is -0.228 e. The second-order valence-corrected chi connectivity index (χ2v) is 17.2. The summed E-state index contributed by atoms with van der Waals surface area (Å²) >= 11 is 0. The number of benzene rings is 10. The van der Waals surface area contributed by atoms with Crippen molar-refractivity contribution in [2.45, 2.75) is 10.8 Å². The van der Waals surface area contributed by atoms with Crippen LogP contribution in [-0.4, -0.2) is 9.97 Å². The molecule has 2 unspecified atom stereocenters. The normalized spacial score (nSPS) is 16.9. The maximum atomic E-state index is 5.34. The molecule has 2 aliphatic rings. The third-order valence-electron chi connectivity index (χ3n) is 14.0. The molecule has 0 saturated carbocycles. The fraction of sp³-hybridized carbons (Fsp3) is 0.0323. The zero-order chi connectivity index (χ0) is 42.2. The van der Waals surface area contributed by atoms with Crippen molar-refractivity contribution in [2.24, 2.45) is 0 Å². The van der Waals surface area contributed by atoms with E-state index in [4.69, 9.17) is 9.97 Å². The fourth-order valence-electron chi connectivity index (χ4n) is 11.3. The molecule has 0 fully saturated rings. The molecule has 2 atom stereocenters. The van der Waals surface area contributed by atoms with E-state index in [9.17, 15) is 0 Å². The third-order valence-corrected chi connectivity index (χ3v) is 14.0. The Hall–Kier alpha value is -8.20. The number of fused-ring (bicyclic) bond motifs is 7. The quantitative estimate of drug-likeness (QED) is 0.167. The van der Waals surface area contributed by atoms with Gasteiger partial charge in [0.1, 0.15) is 0 Å². The zero-order valence-corrected chi connectivity index (χ0v) is 35.0. The van der Waals surface area contributed by atoms with E-state index < -0.39 is 10.8 Å². The summed E-state index contributed by atoms with van der Waals surface area (Å²) in [4.78, 5) is 10.6. The summed E-state index contributed by atoms with van der Waals surface area (Å²) < 4.78 is 0. The topological polar surface area (TPSA) is 25.8 Å². The predicted octanol–water partition coefficient (Wildman–Crippen LogP) is 14.8. The summed E-state index contributed by atoms with van der Waals surface area (Å²) in [6.07, 6.45) is 0. The van der Waals surface area contributed by atoms with Crippen LogP contribution in [0.3, 0.4) is 0 Å². The molecule has 0 amide bonds. The van der Waals surface area contributed by atoms with Crippen molar-refractivity contribution in [1.29, 1.82) is 0 Å². The summed E-state index contributed by atoms with van der Waals surface area (Å²) in [6.45, 7) is 0. The van der Waals surface area contributed by atoms with Crippen LogP contribution < -0.4 is 0 Å². The van der Waals surface area contributed by atoms with Gasteiger partial charge in [0.15, 0.2) is 5.82 Å². The maximum absolute atomic E-state index is 5.34. The van der Waals surface area contributed by atoms with Crippen molar-refractivity contribution in [3.05, 3.63) is 287 Å². The van der Waals surface area contributed by atoms with Crippen LogP contribution in [0, 0.1) is 0 Å². The van der Waals surface area contributed by atoms with Gasteiger partial charge in [-0.05, 0) is 95.4 Å². The lowest BCUT2D eigenvalue weighted by molar-refractivity contribution is 0.627. The molecular weight excluding hydrogens is 773 g/mol. The average molecular weight is 813 g/mol. The number of hydrogen-bond acceptors (Lipinski definition) is 2. The molecule has 64 heavy (non-hydrogen) atoms. The van der Waals surface area contributed by atoms with E-state index in [0.717, 1.165) is 33.5 Å². The first kappa shape index (κ1) is 36.5. The highest BCUT2D eigenvalue weighted by Gasteiger charge is 2.57. The van der Waals surface area contributed by atoms with E-state index in [1.54, 1.807) is 0 Å². The second-order valence-electron chi connectivity index (χ2n) is 17.2. The largest absolute Gasteiger partial charge is 0.228 e. The molecule has 0 radical (unpaired) electrons. The summed E-state index contributed by atoms with van der Waals surface area (Å²) in [5.41, 5.74) is 16.7. The fourth-order valence-corrected chi connectivity index (χ4v) is 11.3. The molecule has 1 aromatic heterocycles. The van der Waals surface area contributed by atoms with Crippen molar-refractivity contribution < 1.29 is 0 Å². The van der Waals surface area contributed by atoms with Gasteiger partial charge in [0.05, 0.1) is 22.2 Å². The molecule has 2 aliphatic carbocycles. The highest BCUT2D eigenvalue weighted by molar-refractivity contribution is 5.93. The van der Waals surface area contributed by atoms with Gasteiger partial charge < -0.3 is 0 Å². The van der Waals surface area contributed by atoms with Crippen LogP contribution in [-0.2, 0) is 10.8 Å². The van der Waals surface area contributed by atoms with Crippen LogP contribution in [0.5, 0.6) is 0 Å². The third kappa shape index (κ3) is 5.20. The Morgan fingerprint density at radius 1 is 0.266 bits per heavy atom. The molecule has 2 heteroatoms. The standard InChI is InChI=1S/C62H40N2/c1-3-20-48(21-4-1)61(54-27-13-14-28-55(54)62(49-22-5-2-6-23-49)53-26-12-11-24-51(53)52-25-15-29-56(61)59(52)62)50-36-34-43(35-37-50)57-40-58(46-32-30-41-16-7-9-18-44(41)38-46)64-60(63-57)47-33-31-42-17-8-10-19-45(42)39-47/h1-40H. The summed E-state index contributed by atoms with van der Waals surface area (Å²) in [5.74, 6) is 0.703. The van der Waals surface area contributed by atoms with Crippen molar-refractivity contribution in [1.82, 2.24) is 9.97 Å². The van der Waals surface area contributed by atoms with Gasteiger partial charge in [0, 0.05) is 16.7 Å². The summed E-state index contributed by atoms with van der Waals surface area (Å²) in [5, 5.41) is 4.74. The molecule has 13 rings (SSSR count). The molecule has 10 aromatic carbocycles. The predicted molar refractivity (Wildman–Crippen MR) is 263 cm³/mol. The smallest absolute Gasteiger partial charge is 0.160 e. The van der Waals surface area contributed by atoms with Gasteiger partial charge in [-0.15, -0.1) is 0 Å². The Balaban J connectivity index is 1.04. The second kappa shape index (κ2) is 14.2. The van der Waals surface area contributed by atoms with Gasteiger partial charge in [0.2, 0.25) is 0 Å². The first-order valence-corrected chi connectivity index (χ1v) is 22.1. The van der Waals surface area contributed by atoms with Gasteiger partial charge in [0.25, 0.3) is 0 Å². The molecule has 0 saturated heterocycles. The van der Waals surface area contributed by atoms with Gasteiger partial charge in [-0.1, -0.05) is 224 Å². The van der Waals surface area contributed by atoms with Gasteiger partial charge in [-0.25, -0.2) is 9.97 Å². The molecule has 298 valence electrons. The Morgan fingerprint density at radius 3 is 1.39 bits per heavy atom. The van der Waals surface area contributed by atoms with Gasteiger partial charge >= 0.3 is 0 Å². The summed E-state index contributed by atoms with van der Waals surface area (Å²) in [6, 6.07) is 89.1. The van der Waals surface area contributed by atoms with Gasteiger partial charge in [-0.3, -0.25) is 0 Å². The number of rotatable bonds is 6. The Labute approximate surface area is 372 Å². The lowest BCUT2D eigenvalue weighted by Crippen LogP contribution is -2.44. The number of aromatic nitrogens is 2. The van der Waals surface area contributed by atoms with Crippen LogP contribution in [0.1, 0.15) is 44.5 Å². The van der Waals surface area contributed by atoms with Crippen LogP contribution in [0.4, 0.5) is 0 Å². The van der Waals surface area contributed by atoms with Gasteiger partial charge in [-0.2, -0.15) is 0 Å². The molecular formula is C62H40N2. The molecule has 2 nitrogen and oxygen atoms in total. The first-order chi connectivity index (χ1) is 31.7. The number of nitrogens with zero attached hydrogens (tertiary/aromatic N) is 2. The van der Waals surface area contributed by atoms with Crippen molar-refractivity contribution in [2.75, 3.05) is 0 Å². The molecule has 11 aromatic rings. The van der Waals surface area contributed by atoms with E-state index in [-0.39, 0.29) is 0 Å². The van der Waals surface area contributed by atoms with Crippen LogP contribution in [0.15, 0.2) is 243 Å². The molecule has 0 aliphatic heterocycles. The lowest BCUT2D eigenvalue weighted by atomic mass is 9.52. The van der Waals surface area contributed by atoms with E-state index in [1.807, 2.05) is 0 Å². The molecule has 0 bridgehead atoms. The van der Waals surface area contributed by atoms with Crippen molar-refractivity contribution >= 4 is 21.5 Å². The average Bonchev–Trinajstić information content (AvgIpc) is 3.69. The highest BCUT2D eigenvalue weighted by Crippen LogP contribution is 2.65. The van der Waals surface area contributed by atoms with Crippen LogP contribution in [0.2, 0.25) is 0 Å². The molecule has 0 N–H and O–H groups in total. The summed E-state index contributed by atoms with van der Waals surface area (Å²) in [7, 11) is 0. The highest BCUT2D eigenvalue weighted by atomic mass is 14.9. The van der Waals surface area contributed by atoms with Crippen molar-refractivity contribution in [3.8, 4) is 45.0 Å². The number of hydrogen-bond donors (Lipinski definition) is 0. The van der Waals surface area contributed by atoms with E-state index in [1.165, 1.54) is 71.8 Å². The SMILES string of the molecule is c1ccc(C2(c3ccc(-c4cc(-c5ccc6ccccc6c5)nc(-c5ccc6ccccc6c5)n4)cc3)c3ccccc3C3(c4ccccc4)c4ccccc4-c4cccc2c43)cc1. The van der Waals surface area contributed by atoms with E-state index in [2.05, 4.69) is 243 Å². The zero-order valence-electron chi connectivity index (χ0n) is 35.0. The van der Waals surface area contributed by atoms with Crippen LogP contribution in [0.25, 0.3) is 66.6 Å². The lowest BCUT2D eigenvalue weighted by Gasteiger charge is -2.49. The Bertz CT molecular complexity index is 3510. The molecule has 0 spiro atoms. The monoisotopic (exact) mass is 812 g/mol. The Morgan fingerprint density at radius 2 is 0.719 bits per heavy atom. The minimum absolute atomic E-state index is 0.488. The van der Waals surface area contributed by atoms with E-state index in [0.29, 0.717) is 5.82 Å².